The second-order valence-corrected chi connectivity index (χ2v) is 7.26. The van der Waals surface area contributed by atoms with Crippen molar-refractivity contribution in [2.75, 3.05) is 11.1 Å². The molecule has 0 saturated carbocycles. The molecule has 0 N–H and O–H groups in total. The maximum Gasteiger partial charge on any atom is 0.269 e. The van der Waals surface area contributed by atoms with Crippen LogP contribution in [-0.2, 0) is 9.84 Å². The van der Waals surface area contributed by atoms with Crippen molar-refractivity contribution in [1.29, 1.82) is 0 Å². The summed E-state index contributed by atoms with van der Waals surface area (Å²) in [5.41, 5.74) is -0.125. The molecule has 0 aliphatic carbocycles. The molecule has 0 aliphatic rings. The number of sulfone groups is 1. The molecule has 17 heavy (non-hydrogen) atoms. The summed E-state index contributed by atoms with van der Waals surface area (Å²) in [4.78, 5) is 9.76. The summed E-state index contributed by atoms with van der Waals surface area (Å²) in [6.45, 7) is 0. The van der Waals surface area contributed by atoms with E-state index in [-0.39, 0.29) is 21.2 Å². The molecule has 94 valence electrons. The highest BCUT2D eigenvalue weighted by molar-refractivity contribution is 9.12. The first-order chi connectivity index (χ1) is 7.86. The van der Waals surface area contributed by atoms with Crippen LogP contribution in [0.1, 0.15) is 0 Å². The third-order valence-corrected chi connectivity index (χ3v) is 6.53. The van der Waals surface area contributed by atoms with Gasteiger partial charge >= 0.3 is 0 Å². The van der Waals surface area contributed by atoms with Gasteiger partial charge in [-0.05, 0) is 12.1 Å². The van der Waals surface area contributed by atoms with Crippen LogP contribution in [-0.4, -0.2) is 29.3 Å². The molecule has 0 aliphatic heterocycles. The topological polar surface area (TPSA) is 77.3 Å². The van der Waals surface area contributed by atoms with Gasteiger partial charge in [0.1, 0.15) is 0 Å². The molecular formula is C9H9Br2NO4S. The van der Waals surface area contributed by atoms with Gasteiger partial charge in [0, 0.05) is 22.3 Å². The zero-order valence-corrected chi connectivity index (χ0v) is 12.5. The zero-order chi connectivity index (χ0) is 13.1. The van der Waals surface area contributed by atoms with E-state index in [1.807, 2.05) is 0 Å². The summed E-state index contributed by atoms with van der Waals surface area (Å²) in [7, 11) is -3.41. The van der Waals surface area contributed by atoms with Gasteiger partial charge in [0.25, 0.3) is 5.69 Å². The van der Waals surface area contributed by atoms with E-state index >= 15 is 0 Å². The smallest absolute Gasteiger partial charge is 0.258 e. The molecule has 1 atom stereocenters. The summed E-state index contributed by atoms with van der Waals surface area (Å²) in [6.07, 6.45) is 0. The van der Waals surface area contributed by atoms with E-state index in [4.69, 9.17) is 0 Å². The van der Waals surface area contributed by atoms with Gasteiger partial charge in [-0.15, -0.1) is 0 Å². The van der Waals surface area contributed by atoms with Crippen LogP contribution >= 0.6 is 31.9 Å². The summed E-state index contributed by atoms with van der Waals surface area (Å²) >= 11 is 6.38. The largest absolute Gasteiger partial charge is 0.269 e. The Morgan fingerprint density at radius 3 is 2.24 bits per heavy atom. The second-order valence-electron chi connectivity index (χ2n) is 3.28. The average Bonchev–Trinajstić information content (AvgIpc) is 2.28. The molecule has 5 nitrogen and oxygen atoms in total. The fraction of sp³-hybridized carbons (Fsp3) is 0.333. The van der Waals surface area contributed by atoms with Crippen molar-refractivity contribution in [1.82, 2.24) is 0 Å². The van der Waals surface area contributed by atoms with Gasteiger partial charge in [-0.1, -0.05) is 31.9 Å². The summed E-state index contributed by atoms with van der Waals surface area (Å²) in [6, 6.07) is 4.87. The molecule has 0 amide bonds. The lowest BCUT2D eigenvalue weighted by atomic mass is 10.3. The number of hydrogen-bond acceptors (Lipinski definition) is 4. The second kappa shape index (κ2) is 5.92. The monoisotopic (exact) mass is 385 g/mol. The predicted molar refractivity (Wildman–Crippen MR) is 71.7 cm³/mol. The number of hydrogen-bond donors (Lipinski definition) is 0. The Morgan fingerprint density at radius 1 is 1.29 bits per heavy atom. The number of non-ortho nitro benzene ring substituents is 1. The SMILES string of the molecule is O=[N+]([O-])c1ccc(S(=O)(=O)CC(Br)CBr)cc1. The third-order valence-electron chi connectivity index (χ3n) is 1.97. The van der Waals surface area contributed by atoms with Crippen molar-refractivity contribution in [3.8, 4) is 0 Å². The third kappa shape index (κ3) is 4.04. The van der Waals surface area contributed by atoms with Crippen LogP contribution in [0.3, 0.4) is 0 Å². The standard InChI is InChI=1S/C9H9Br2NO4S/c10-5-7(11)6-17(15,16)9-3-1-8(2-4-9)12(13)14/h1-4,7H,5-6H2. The minimum atomic E-state index is -3.41. The van der Waals surface area contributed by atoms with Crippen molar-refractivity contribution in [3.63, 3.8) is 0 Å². The van der Waals surface area contributed by atoms with E-state index in [0.717, 1.165) is 0 Å². The number of nitro benzene ring substituents is 1. The van der Waals surface area contributed by atoms with Crippen LogP contribution in [0.5, 0.6) is 0 Å². The Kier molecular flexibility index (Phi) is 5.08. The first-order valence-electron chi connectivity index (χ1n) is 4.54. The molecule has 0 aromatic heterocycles. The van der Waals surface area contributed by atoms with Crippen molar-refractivity contribution in [2.45, 2.75) is 9.72 Å². The van der Waals surface area contributed by atoms with E-state index in [2.05, 4.69) is 31.9 Å². The van der Waals surface area contributed by atoms with Crippen molar-refractivity contribution in [3.05, 3.63) is 34.4 Å². The molecular weight excluding hydrogens is 378 g/mol. The zero-order valence-electron chi connectivity index (χ0n) is 8.55. The summed E-state index contributed by atoms with van der Waals surface area (Å²) < 4.78 is 23.7. The molecule has 1 aromatic carbocycles. The number of nitro groups is 1. The Bertz CT molecular complexity index is 500. The number of nitrogens with zero attached hydrogens (tertiary/aromatic N) is 1. The van der Waals surface area contributed by atoms with Crippen LogP contribution in [0, 0.1) is 10.1 Å². The molecule has 1 unspecified atom stereocenters. The number of benzene rings is 1. The van der Waals surface area contributed by atoms with Gasteiger partial charge in [-0.25, -0.2) is 8.42 Å². The van der Waals surface area contributed by atoms with E-state index in [1.165, 1.54) is 24.3 Å². The van der Waals surface area contributed by atoms with Crippen LogP contribution in [0.2, 0.25) is 0 Å². The molecule has 0 heterocycles. The fourth-order valence-corrected chi connectivity index (χ4v) is 4.07. The molecule has 1 aromatic rings. The molecule has 0 saturated heterocycles. The highest BCUT2D eigenvalue weighted by Gasteiger charge is 2.19. The minimum absolute atomic E-state index is 0.0595. The average molecular weight is 387 g/mol. The quantitative estimate of drug-likeness (QED) is 0.442. The van der Waals surface area contributed by atoms with Gasteiger partial charge in [0.2, 0.25) is 0 Å². The van der Waals surface area contributed by atoms with Gasteiger partial charge in [0.15, 0.2) is 9.84 Å². The van der Waals surface area contributed by atoms with E-state index < -0.39 is 14.8 Å². The predicted octanol–water partition coefficient (Wildman–Crippen LogP) is 2.53. The molecule has 8 heteroatoms. The van der Waals surface area contributed by atoms with E-state index in [9.17, 15) is 18.5 Å². The number of halogens is 2. The lowest BCUT2D eigenvalue weighted by molar-refractivity contribution is -0.384. The highest BCUT2D eigenvalue weighted by atomic mass is 79.9. The minimum Gasteiger partial charge on any atom is -0.258 e. The Balaban J connectivity index is 2.96. The van der Waals surface area contributed by atoms with Crippen LogP contribution in [0.4, 0.5) is 5.69 Å². The lowest BCUT2D eigenvalue weighted by Crippen LogP contribution is -2.17. The Labute approximate surface area is 116 Å². The molecule has 1 rings (SSSR count). The van der Waals surface area contributed by atoms with Crippen LogP contribution in [0.25, 0.3) is 0 Å². The molecule has 0 fully saturated rings. The molecule has 0 radical (unpaired) electrons. The van der Waals surface area contributed by atoms with Crippen LogP contribution < -0.4 is 0 Å². The van der Waals surface area contributed by atoms with Crippen molar-refractivity contribution >= 4 is 47.4 Å². The molecule has 0 bridgehead atoms. The number of rotatable bonds is 5. The van der Waals surface area contributed by atoms with Gasteiger partial charge in [-0.2, -0.15) is 0 Å². The van der Waals surface area contributed by atoms with E-state index in [1.54, 1.807) is 0 Å². The fourth-order valence-electron chi connectivity index (χ4n) is 1.15. The first kappa shape index (κ1) is 14.6. The first-order valence-corrected chi connectivity index (χ1v) is 8.23. The summed E-state index contributed by atoms with van der Waals surface area (Å²) in [5, 5.41) is 10.9. The normalized spacial score (nSPS) is 13.3. The van der Waals surface area contributed by atoms with E-state index in [0.29, 0.717) is 5.33 Å². The van der Waals surface area contributed by atoms with Gasteiger partial charge in [-0.3, -0.25) is 10.1 Å². The Hall–Kier alpha value is -0.470. The lowest BCUT2D eigenvalue weighted by Gasteiger charge is -2.07. The van der Waals surface area contributed by atoms with Crippen molar-refractivity contribution in [2.24, 2.45) is 0 Å². The van der Waals surface area contributed by atoms with Gasteiger partial charge in [0.05, 0.1) is 15.6 Å². The van der Waals surface area contributed by atoms with Gasteiger partial charge < -0.3 is 0 Å². The Morgan fingerprint density at radius 2 is 1.82 bits per heavy atom. The highest BCUT2D eigenvalue weighted by Crippen LogP contribution is 2.19. The maximum atomic E-state index is 11.9. The summed E-state index contributed by atoms with van der Waals surface area (Å²) in [5.74, 6) is -0.0595. The van der Waals surface area contributed by atoms with Crippen LogP contribution in [0.15, 0.2) is 29.2 Å². The molecule has 0 spiro atoms. The van der Waals surface area contributed by atoms with Crippen molar-refractivity contribution < 1.29 is 13.3 Å². The number of alkyl halides is 2. The maximum absolute atomic E-state index is 11.9.